The maximum absolute atomic E-state index is 14.0. The molecule has 12 heteroatoms. The van der Waals surface area contributed by atoms with Crippen molar-refractivity contribution in [1.29, 1.82) is 0 Å². The number of imidazole rings is 1. The van der Waals surface area contributed by atoms with Crippen molar-refractivity contribution in [3.63, 3.8) is 0 Å². The molecule has 196 valence electrons. The molecule has 3 aromatic heterocycles. The molecule has 37 heavy (non-hydrogen) atoms. The molecule has 0 aliphatic carbocycles. The second kappa shape index (κ2) is 9.70. The molecule has 1 unspecified atom stereocenters. The van der Waals surface area contributed by atoms with Gasteiger partial charge in [0.2, 0.25) is 0 Å². The number of nitrogens with one attached hydrogen (secondary N) is 1. The summed E-state index contributed by atoms with van der Waals surface area (Å²) in [4.78, 5) is 8.45. The van der Waals surface area contributed by atoms with Crippen molar-refractivity contribution in [1.82, 2.24) is 14.5 Å². The highest BCUT2D eigenvalue weighted by Gasteiger charge is 2.29. The number of alkyl halides is 2. The maximum Gasteiger partial charge on any atom is 0.295 e. The molecule has 1 atom stereocenters. The van der Waals surface area contributed by atoms with Crippen LogP contribution in [0.3, 0.4) is 0 Å². The lowest BCUT2D eigenvalue weighted by Gasteiger charge is -2.25. The number of pyridine rings is 1. The molecule has 1 saturated heterocycles. The van der Waals surface area contributed by atoms with Crippen LogP contribution in [0.25, 0.3) is 22.5 Å². The number of halogens is 3. The summed E-state index contributed by atoms with van der Waals surface area (Å²) in [6, 6.07) is 8.08. The first-order valence-corrected chi connectivity index (χ1v) is 14.0. The van der Waals surface area contributed by atoms with Crippen LogP contribution < -0.4 is 5.32 Å². The monoisotopic (exact) mass is 550 g/mol. The van der Waals surface area contributed by atoms with Gasteiger partial charge in [-0.1, -0.05) is 11.6 Å². The van der Waals surface area contributed by atoms with Gasteiger partial charge in [0.1, 0.15) is 28.4 Å². The SMILES string of the molecule is Cc1cc(-c2ccc(Nc3cc(Cl)nc4c3nc(C(F)F)n4C3CCCCO3)c(S(C)(=O)=O)c2)oc1C. The van der Waals surface area contributed by atoms with Crippen molar-refractivity contribution < 1.29 is 26.4 Å². The van der Waals surface area contributed by atoms with Crippen LogP contribution in [-0.4, -0.2) is 35.8 Å². The van der Waals surface area contributed by atoms with E-state index in [9.17, 15) is 17.2 Å². The lowest BCUT2D eigenvalue weighted by atomic mass is 10.1. The van der Waals surface area contributed by atoms with E-state index >= 15 is 0 Å². The lowest BCUT2D eigenvalue weighted by molar-refractivity contribution is -0.0363. The quantitative estimate of drug-likeness (QED) is 0.265. The summed E-state index contributed by atoms with van der Waals surface area (Å²) < 4.78 is 66.3. The van der Waals surface area contributed by atoms with Crippen LogP contribution in [0.1, 0.15) is 49.1 Å². The van der Waals surface area contributed by atoms with Gasteiger partial charge in [0.25, 0.3) is 6.43 Å². The summed E-state index contributed by atoms with van der Waals surface area (Å²) >= 11 is 6.29. The number of hydrogen-bond donors (Lipinski definition) is 1. The molecule has 5 rings (SSSR count). The molecule has 4 heterocycles. The first-order chi connectivity index (χ1) is 17.5. The molecule has 0 radical (unpaired) electrons. The molecule has 0 spiro atoms. The molecule has 1 N–H and O–H groups in total. The first kappa shape index (κ1) is 25.6. The average molecular weight is 551 g/mol. The van der Waals surface area contributed by atoms with Gasteiger partial charge in [-0.15, -0.1) is 0 Å². The second-order valence-corrected chi connectivity index (χ2v) is 11.5. The number of ether oxygens (including phenoxy) is 1. The third-order valence-corrected chi connectivity index (χ3v) is 7.71. The van der Waals surface area contributed by atoms with Crippen molar-refractivity contribution in [2.45, 2.75) is 50.7 Å². The fourth-order valence-corrected chi connectivity index (χ4v) is 5.50. The molecule has 4 aromatic rings. The van der Waals surface area contributed by atoms with E-state index in [-0.39, 0.29) is 32.6 Å². The Balaban J connectivity index is 1.63. The summed E-state index contributed by atoms with van der Waals surface area (Å²) in [5.74, 6) is 0.787. The third-order valence-electron chi connectivity index (χ3n) is 6.38. The molecule has 0 saturated carbocycles. The predicted molar refractivity (Wildman–Crippen MR) is 136 cm³/mol. The largest absolute Gasteiger partial charge is 0.461 e. The maximum atomic E-state index is 14.0. The number of aryl methyl sites for hydroxylation is 2. The van der Waals surface area contributed by atoms with Crippen molar-refractivity contribution in [2.75, 3.05) is 18.2 Å². The number of furan rings is 1. The molecule has 1 aromatic carbocycles. The van der Waals surface area contributed by atoms with Gasteiger partial charge >= 0.3 is 0 Å². The number of benzene rings is 1. The highest BCUT2D eigenvalue weighted by atomic mass is 35.5. The summed E-state index contributed by atoms with van der Waals surface area (Å²) in [5, 5.41) is 3.08. The minimum atomic E-state index is -3.70. The van der Waals surface area contributed by atoms with E-state index in [2.05, 4.69) is 15.3 Å². The fraction of sp³-hybridized carbons (Fsp3) is 0.360. The van der Waals surface area contributed by atoms with Crippen molar-refractivity contribution in [3.8, 4) is 11.3 Å². The van der Waals surface area contributed by atoms with E-state index in [1.807, 2.05) is 19.9 Å². The van der Waals surface area contributed by atoms with Gasteiger partial charge < -0.3 is 14.5 Å². The Morgan fingerprint density at radius 1 is 1.14 bits per heavy atom. The van der Waals surface area contributed by atoms with E-state index in [4.69, 9.17) is 20.8 Å². The van der Waals surface area contributed by atoms with Crippen LogP contribution in [0.4, 0.5) is 20.2 Å². The lowest BCUT2D eigenvalue weighted by Crippen LogP contribution is -2.20. The molecular weight excluding hydrogens is 526 g/mol. The summed E-state index contributed by atoms with van der Waals surface area (Å²) in [7, 11) is -3.70. The number of rotatable bonds is 6. The van der Waals surface area contributed by atoms with E-state index in [0.29, 0.717) is 24.4 Å². The van der Waals surface area contributed by atoms with Gasteiger partial charge in [0.05, 0.1) is 16.3 Å². The molecule has 0 bridgehead atoms. The minimum absolute atomic E-state index is 0.00178. The average Bonchev–Trinajstić information content (AvgIpc) is 3.39. The molecular formula is C25H25ClF2N4O4S. The highest BCUT2D eigenvalue weighted by molar-refractivity contribution is 7.90. The standard InChI is InChI=1S/C25H25ClF2N4O4S/c1-13-10-18(36-14(13)2)15-7-8-16(19(11-15)37(3,33)34)29-17-12-20(26)30-24-22(17)31-25(23(27)28)32(24)21-6-4-5-9-35-21/h7-8,10-12,21,23H,4-6,9H2,1-3H3,(H,29,30). The Morgan fingerprint density at radius 3 is 2.54 bits per heavy atom. The van der Waals surface area contributed by atoms with Gasteiger partial charge in [-0.25, -0.2) is 27.2 Å². The second-order valence-electron chi connectivity index (χ2n) is 9.08. The Labute approximate surface area is 217 Å². The van der Waals surface area contributed by atoms with Crippen LogP contribution >= 0.6 is 11.6 Å². The Bertz CT molecular complexity index is 1570. The Morgan fingerprint density at radius 2 is 1.92 bits per heavy atom. The number of hydrogen-bond acceptors (Lipinski definition) is 7. The van der Waals surface area contributed by atoms with Gasteiger partial charge in [-0.05, 0) is 62.9 Å². The first-order valence-electron chi connectivity index (χ1n) is 11.7. The molecule has 0 amide bonds. The molecule has 8 nitrogen and oxygen atoms in total. The van der Waals surface area contributed by atoms with Gasteiger partial charge in [0.15, 0.2) is 21.3 Å². The van der Waals surface area contributed by atoms with Crippen molar-refractivity contribution in [2.24, 2.45) is 0 Å². The topological polar surface area (TPSA) is 99.2 Å². The zero-order valence-electron chi connectivity index (χ0n) is 20.4. The van der Waals surface area contributed by atoms with Gasteiger partial charge in [-0.2, -0.15) is 0 Å². The number of sulfone groups is 1. The number of anilines is 2. The molecule has 1 fully saturated rings. The van der Waals surface area contributed by atoms with Crippen LogP contribution in [0, 0.1) is 13.8 Å². The van der Waals surface area contributed by atoms with Crippen LogP contribution in [-0.2, 0) is 14.6 Å². The normalized spacial score (nSPS) is 16.6. The van der Waals surface area contributed by atoms with E-state index in [1.54, 1.807) is 12.1 Å². The van der Waals surface area contributed by atoms with Crippen molar-refractivity contribution >= 4 is 44.0 Å². The predicted octanol–water partition coefficient (Wildman–Crippen LogP) is 6.75. The van der Waals surface area contributed by atoms with E-state index in [0.717, 1.165) is 30.4 Å². The number of nitrogens with zero attached hydrogens (tertiary/aromatic N) is 3. The zero-order valence-corrected chi connectivity index (χ0v) is 22.0. The third kappa shape index (κ3) is 4.95. The molecule has 1 aliphatic heterocycles. The van der Waals surface area contributed by atoms with E-state index < -0.39 is 28.3 Å². The van der Waals surface area contributed by atoms with Crippen LogP contribution in [0.15, 0.2) is 39.6 Å². The summed E-state index contributed by atoms with van der Waals surface area (Å²) in [6.07, 6.45) is -0.236. The van der Waals surface area contributed by atoms with Gasteiger partial charge in [0, 0.05) is 24.5 Å². The van der Waals surface area contributed by atoms with Crippen LogP contribution in [0.5, 0.6) is 0 Å². The minimum Gasteiger partial charge on any atom is -0.461 e. The summed E-state index contributed by atoms with van der Waals surface area (Å²) in [6.45, 7) is 4.17. The van der Waals surface area contributed by atoms with Gasteiger partial charge in [-0.3, -0.25) is 4.57 Å². The fourth-order valence-electron chi connectivity index (χ4n) is 4.46. The summed E-state index contributed by atoms with van der Waals surface area (Å²) in [5.41, 5.74) is 2.27. The number of fused-ring (bicyclic) bond motifs is 1. The van der Waals surface area contributed by atoms with Crippen molar-refractivity contribution in [3.05, 3.63) is 52.6 Å². The smallest absolute Gasteiger partial charge is 0.295 e. The van der Waals surface area contributed by atoms with E-state index in [1.165, 1.54) is 16.7 Å². The zero-order chi connectivity index (χ0) is 26.5. The number of aromatic nitrogens is 3. The Hall–Kier alpha value is -3.02. The van der Waals surface area contributed by atoms with Crippen LogP contribution in [0.2, 0.25) is 5.15 Å². The highest BCUT2D eigenvalue weighted by Crippen LogP contribution is 2.38. The Kier molecular flexibility index (Phi) is 6.71. The molecule has 1 aliphatic rings.